The van der Waals surface area contributed by atoms with Crippen LogP contribution in [0.25, 0.3) is 0 Å². The Bertz CT molecular complexity index is 775. The van der Waals surface area contributed by atoms with E-state index < -0.39 is 11.7 Å². The summed E-state index contributed by atoms with van der Waals surface area (Å²) < 4.78 is 0. The van der Waals surface area contributed by atoms with Crippen LogP contribution in [0.3, 0.4) is 0 Å². The molecule has 0 radical (unpaired) electrons. The third kappa shape index (κ3) is 5.55. The van der Waals surface area contributed by atoms with Crippen LogP contribution in [0.5, 0.6) is 0 Å². The summed E-state index contributed by atoms with van der Waals surface area (Å²) in [6.45, 7) is 6.36. The number of carbonyl (C=O) groups is 3. The molecule has 2 N–H and O–H groups in total. The maximum Gasteiger partial charge on any atom is 0.292 e. The third-order valence-corrected chi connectivity index (χ3v) is 3.96. The topological polar surface area (TPSA) is 75.3 Å². The van der Waals surface area contributed by atoms with Crippen molar-refractivity contribution in [3.05, 3.63) is 71.3 Å². The summed E-state index contributed by atoms with van der Waals surface area (Å²) in [5.74, 6) is -1.79. The Morgan fingerprint density at radius 3 is 2.04 bits per heavy atom. The van der Waals surface area contributed by atoms with Gasteiger partial charge >= 0.3 is 0 Å². The lowest BCUT2D eigenvalue weighted by atomic mass is 9.86. The first-order valence-electron chi connectivity index (χ1n) is 8.51. The molecule has 0 heterocycles. The number of ketones is 1. The van der Waals surface area contributed by atoms with Gasteiger partial charge in [0, 0.05) is 12.1 Å². The van der Waals surface area contributed by atoms with Crippen molar-refractivity contribution in [3.63, 3.8) is 0 Å². The van der Waals surface area contributed by atoms with Crippen LogP contribution < -0.4 is 10.6 Å². The van der Waals surface area contributed by atoms with E-state index in [0.29, 0.717) is 12.1 Å². The highest BCUT2D eigenvalue weighted by atomic mass is 16.2. The summed E-state index contributed by atoms with van der Waals surface area (Å²) >= 11 is 0. The van der Waals surface area contributed by atoms with Gasteiger partial charge in [-0.05, 0) is 16.5 Å². The van der Waals surface area contributed by atoms with Crippen molar-refractivity contribution in [1.29, 1.82) is 0 Å². The molecule has 0 saturated heterocycles. The second kappa shape index (κ2) is 8.43. The van der Waals surface area contributed by atoms with Crippen molar-refractivity contribution in [2.24, 2.45) is 0 Å². The smallest absolute Gasteiger partial charge is 0.292 e. The van der Waals surface area contributed by atoms with Gasteiger partial charge in [0.05, 0.1) is 6.54 Å². The van der Waals surface area contributed by atoms with Crippen LogP contribution in [-0.4, -0.2) is 24.1 Å². The van der Waals surface area contributed by atoms with Gasteiger partial charge in [0.2, 0.25) is 11.7 Å². The van der Waals surface area contributed by atoms with Crippen molar-refractivity contribution < 1.29 is 14.4 Å². The molecule has 2 aromatic carbocycles. The van der Waals surface area contributed by atoms with Crippen molar-refractivity contribution >= 4 is 17.6 Å². The SMILES string of the molecule is CC(C)(C)c1ccc(C(=O)C(=O)NCC(=O)NCc2ccccc2)cc1. The van der Waals surface area contributed by atoms with Gasteiger partial charge in [-0.2, -0.15) is 0 Å². The minimum Gasteiger partial charge on any atom is -0.350 e. The molecular formula is C21H24N2O3. The molecule has 2 amide bonds. The maximum atomic E-state index is 12.2. The normalized spacial score (nSPS) is 10.9. The molecule has 136 valence electrons. The summed E-state index contributed by atoms with van der Waals surface area (Å²) in [6, 6.07) is 16.4. The molecule has 26 heavy (non-hydrogen) atoms. The van der Waals surface area contributed by atoms with Gasteiger partial charge in [-0.15, -0.1) is 0 Å². The summed E-state index contributed by atoms with van der Waals surface area (Å²) in [5.41, 5.74) is 2.32. The Morgan fingerprint density at radius 2 is 1.46 bits per heavy atom. The minimum atomic E-state index is -0.789. The third-order valence-electron chi connectivity index (χ3n) is 3.96. The molecule has 0 aliphatic carbocycles. The Morgan fingerprint density at radius 1 is 0.846 bits per heavy atom. The molecule has 0 aliphatic rings. The highest BCUT2D eigenvalue weighted by molar-refractivity contribution is 6.43. The summed E-state index contributed by atoms with van der Waals surface area (Å²) in [5, 5.41) is 5.05. The Balaban J connectivity index is 1.83. The van der Waals surface area contributed by atoms with E-state index in [1.807, 2.05) is 42.5 Å². The number of benzene rings is 2. The van der Waals surface area contributed by atoms with E-state index in [9.17, 15) is 14.4 Å². The predicted molar refractivity (Wildman–Crippen MR) is 101 cm³/mol. The number of rotatable bonds is 6. The van der Waals surface area contributed by atoms with Gasteiger partial charge in [-0.25, -0.2) is 0 Å². The van der Waals surface area contributed by atoms with Crippen LogP contribution in [0.15, 0.2) is 54.6 Å². The van der Waals surface area contributed by atoms with E-state index in [1.54, 1.807) is 12.1 Å². The zero-order valence-electron chi connectivity index (χ0n) is 15.3. The molecule has 5 nitrogen and oxygen atoms in total. The van der Waals surface area contributed by atoms with Gasteiger partial charge < -0.3 is 10.6 Å². The molecule has 0 saturated carbocycles. The number of Topliss-reactive ketones (excluding diaryl/α,β-unsaturated/α-hetero) is 1. The Labute approximate surface area is 153 Å². The second-order valence-corrected chi connectivity index (χ2v) is 7.10. The molecule has 0 aromatic heterocycles. The van der Waals surface area contributed by atoms with Gasteiger partial charge in [0.15, 0.2) is 0 Å². The van der Waals surface area contributed by atoms with Crippen LogP contribution in [0.4, 0.5) is 0 Å². The van der Waals surface area contributed by atoms with Gasteiger partial charge in [-0.1, -0.05) is 75.4 Å². The zero-order valence-corrected chi connectivity index (χ0v) is 15.3. The number of hydrogen-bond acceptors (Lipinski definition) is 3. The standard InChI is InChI=1S/C21H24N2O3/c1-21(2,3)17-11-9-16(10-12-17)19(25)20(26)23-14-18(24)22-13-15-7-5-4-6-8-15/h4-12H,13-14H2,1-3H3,(H,22,24)(H,23,26). The summed E-state index contributed by atoms with van der Waals surface area (Å²) in [7, 11) is 0. The van der Waals surface area contributed by atoms with E-state index in [0.717, 1.165) is 11.1 Å². The predicted octanol–water partition coefficient (Wildman–Crippen LogP) is 2.60. The van der Waals surface area contributed by atoms with Crippen LogP contribution in [0.2, 0.25) is 0 Å². The zero-order chi connectivity index (χ0) is 19.2. The van der Waals surface area contributed by atoms with Crippen molar-refractivity contribution in [1.82, 2.24) is 10.6 Å². The number of nitrogens with one attached hydrogen (secondary N) is 2. The van der Waals surface area contributed by atoms with E-state index >= 15 is 0 Å². The van der Waals surface area contributed by atoms with Crippen molar-refractivity contribution in [2.75, 3.05) is 6.54 Å². The second-order valence-electron chi connectivity index (χ2n) is 7.10. The van der Waals surface area contributed by atoms with E-state index in [4.69, 9.17) is 0 Å². The fourth-order valence-electron chi connectivity index (χ4n) is 2.35. The van der Waals surface area contributed by atoms with Gasteiger partial charge in [0.1, 0.15) is 0 Å². The maximum absolute atomic E-state index is 12.2. The van der Waals surface area contributed by atoms with E-state index in [1.165, 1.54) is 0 Å². The number of hydrogen-bond donors (Lipinski definition) is 2. The minimum absolute atomic E-state index is 0.0271. The lowest BCUT2D eigenvalue weighted by molar-refractivity contribution is -0.124. The monoisotopic (exact) mass is 352 g/mol. The molecule has 0 bridgehead atoms. The van der Waals surface area contributed by atoms with E-state index in [-0.39, 0.29) is 17.9 Å². The first-order valence-corrected chi connectivity index (χ1v) is 8.51. The lowest BCUT2D eigenvalue weighted by Gasteiger charge is -2.18. The molecular weight excluding hydrogens is 328 g/mol. The Kier molecular flexibility index (Phi) is 6.28. The lowest BCUT2D eigenvalue weighted by Crippen LogP contribution is -2.39. The molecule has 0 spiro atoms. The first-order chi connectivity index (χ1) is 12.3. The van der Waals surface area contributed by atoms with Gasteiger partial charge in [-0.3, -0.25) is 14.4 Å². The largest absolute Gasteiger partial charge is 0.350 e. The molecule has 2 aromatic rings. The first kappa shape index (κ1) is 19.4. The Hall–Kier alpha value is -2.95. The molecule has 0 aliphatic heterocycles. The molecule has 0 fully saturated rings. The van der Waals surface area contributed by atoms with E-state index in [2.05, 4.69) is 31.4 Å². The molecule has 5 heteroatoms. The summed E-state index contributed by atoms with van der Waals surface area (Å²) in [4.78, 5) is 35.9. The van der Waals surface area contributed by atoms with Crippen molar-refractivity contribution in [2.45, 2.75) is 32.7 Å². The van der Waals surface area contributed by atoms with Crippen LogP contribution in [-0.2, 0) is 21.5 Å². The molecule has 0 unspecified atom stereocenters. The van der Waals surface area contributed by atoms with Crippen LogP contribution >= 0.6 is 0 Å². The molecule has 2 rings (SSSR count). The van der Waals surface area contributed by atoms with Crippen molar-refractivity contribution in [3.8, 4) is 0 Å². The molecule has 0 atom stereocenters. The highest BCUT2D eigenvalue weighted by Gasteiger charge is 2.19. The average Bonchev–Trinajstić information content (AvgIpc) is 2.64. The van der Waals surface area contributed by atoms with Crippen LogP contribution in [0, 0.1) is 0 Å². The number of amides is 2. The quantitative estimate of drug-likeness (QED) is 0.620. The van der Waals surface area contributed by atoms with Gasteiger partial charge in [0.25, 0.3) is 5.91 Å². The fraction of sp³-hybridized carbons (Fsp3) is 0.286. The highest BCUT2D eigenvalue weighted by Crippen LogP contribution is 2.22. The van der Waals surface area contributed by atoms with Crippen LogP contribution in [0.1, 0.15) is 42.3 Å². The number of carbonyl (C=O) groups excluding carboxylic acids is 3. The average molecular weight is 352 g/mol. The summed E-state index contributed by atoms with van der Waals surface area (Å²) in [6.07, 6.45) is 0. The fourth-order valence-corrected chi connectivity index (χ4v) is 2.35.